The largest absolute Gasteiger partial charge is 0.502 e. The average Bonchev–Trinajstić information content (AvgIpc) is 2.45. The minimum Gasteiger partial charge on any atom is -0.502 e. The number of hydrogen-bond acceptors (Lipinski definition) is 3. The Morgan fingerprint density at radius 2 is 2.45 bits per heavy atom. The van der Waals surface area contributed by atoms with Gasteiger partial charge in [-0.15, -0.1) is 0 Å². The standard InChI is InChI=1S/C6H5N3O2/c10-4-3-8-6-7-1-2-9(6)5(4)11/h1-3,10H,(H,7,8). The van der Waals surface area contributed by atoms with Crippen LogP contribution in [0.2, 0.25) is 0 Å². The normalized spacial score (nSPS) is 10.5. The Bertz CT molecular complexity index is 442. The molecular formula is C6H5N3O2. The lowest BCUT2D eigenvalue weighted by Gasteiger charge is -1.90. The molecule has 2 aromatic rings. The molecular weight excluding hydrogens is 146 g/mol. The van der Waals surface area contributed by atoms with E-state index in [4.69, 9.17) is 5.11 Å². The molecule has 0 radical (unpaired) electrons. The molecule has 2 heterocycles. The van der Waals surface area contributed by atoms with Gasteiger partial charge >= 0.3 is 5.56 Å². The predicted molar refractivity (Wildman–Crippen MR) is 37.5 cm³/mol. The third kappa shape index (κ3) is 0.706. The molecule has 0 fully saturated rings. The highest BCUT2D eigenvalue weighted by molar-refractivity contribution is 5.30. The summed E-state index contributed by atoms with van der Waals surface area (Å²) < 4.78 is 1.23. The quantitative estimate of drug-likeness (QED) is 0.544. The smallest absolute Gasteiger partial charge is 0.301 e. The number of fused-ring (bicyclic) bond motifs is 1. The Morgan fingerprint density at radius 1 is 1.64 bits per heavy atom. The third-order valence-electron chi connectivity index (χ3n) is 1.41. The van der Waals surface area contributed by atoms with Gasteiger partial charge in [0.2, 0.25) is 11.5 Å². The molecule has 0 aliphatic rings. The Labute approximate surface area is 60.9 Å². The number of hydrogen-bond donors (Lipinski definition) is 2. The number of imidazole rings is 1. The Morgan fingerprint density at radius 3 is 3.27 bits per heavy atom. The molecule has 0 atom stereocenters. The molecule has 11 heavy (non-hydrogen) atoms. The third-order valence-corrected chi connectivity index (χ3v) is 1.41. The van der Waals surface area contributed by atoms with Gasteiger partial charge in [0.1, 0.15) is 0 Å². The van der Waals surface area contributed by atoms with Crippen molar-refractivity contribution in [3.8, 4) is 5.75 Å². The van der Waals surface area contributed by atoms with Crippen LogP contribution in [-0.2, 0) is 0 Å². The highest BCUT2D eigenvalue weighted by Crippen LogP contribution is 1.97. The molecule has 0 saturated carbocycles. The van der Waals surface area contributed by atoms with E-state index in [0.29, 0.717) is 5.78 Å². The highest BCUT2D eigenvalue weighted by Gasteiger charge is 2.01. The van der Waals surface area contributed by atoms with E-state index in [1.807, 2.05) is 0 Å². The van der Waals surface area contributed by atoms with Crippen molar-refractivity contribution < 1.29 is 5.11 Å². The van der Waals surface area contributed by atoms with Crippen LogP contribution in [0.1, 0.15) is 0 Å². The summed E-state index contributed by atoms with van der Waals surface area (Å²) in [7, 11) is 0. The molecule has 0 amide bonds. The Hall–Kier alpha value is -1.78. The molecule has 2 N–H and O–H groups in total. The number of aromatic amines is 1. The molecule has 5 heteroatoms. The second kappa shape index (κ2) is 1.85. The average molecular weight is 151 g/mol. The molecule has 0 aliphatic heterocycles. The SMILES string of the molecule is O=c1c(O)cnc2[nH]ccn12. The minimum atomic E-state index is -0.462. The van der Waals surface area contributed by atoms with E-state index in [9.17, 15) is 4.79 Å². The molecule has 2 aromatic heterocycles. The van der Waals surface area contributed by atoms with Crippen LogP contribution < -0.4 is 5.56 Å². The molecule has 0 bridgehead atoms. The number of rotatable bonds is 0. The van der Waals surface area contributed by atoms with Gasteiger partial charge in [-0.2, -0.15) is 0 Å². The van der Waals surface area contributed by atoms with Crippen molar-refractivity contribution in [1.29, 1.82) is 0 Å². The van der Waals surface area contributed by atoms with Crippen molar-refractivity contribution in [1.82, 2.24) is 14.4 Å². The van der Waals surface area contributed by atoms with Crippen molar-refractivity contribution in [2.24, 2.45) is 0 Å². The van der Waals surface area contributed by atoms with Crippen molar-refractivity contribution in [2.45, 2.75) is 0 Å². The summed E-state index contributed by atoms with van der Waals surface area (Å²) in [4.78, 5) is 17.5. The summed E-state index contributed by atoms with van der Waals surface area (Å²) in [5, 5.41) is 8.93. The van der Waals surface area contributed by atoms with E-state index in [-0.39, 0.29) is 5.75 Å². The van der Waals surface area contributed by atoms with Crippen LogP contribution in [0.15, 0.2) is 23.4 Å². The van der Waals surface area contributed by atoms with E-state index < -0.39 is 5.56 Å². The molecule has 0 unspecified atom stereocenters. The summed E-state index contributed by atoms with van der Waals surface area (Å²) in [6.07, 6.45) is 4.20. The van der Waals surface area contributed by atoms with Gasteiger partial charge in [0.15, 0.2) is 0 Å². The Balaban J connectivity index is 3.05. The fraction of sp³-hybridized carbons (Fsp3) is 0. The van der Waals surface area contributed by atoms with E-state index in [2.05, 4.69) is 9.97 Å². The van der Waals surface area contributed by atoms with Crippen LogP contribution >= 0.6 is 0 Å². The maximum Gasteiger partial charge on any atom is 0.301 e. The van der Waals surface area contributed by atoms with Crippen LogP contribution in [0.25, 0.3) is 5.78 Å². The van der Waals surface area contributed by atoms with Crippen molar-refractivity contribution in [2.75, 3.05) is 0 Å². The molecule has 2 rings (SSSR count). The lowest BCUT2D eigenvalue weighted by Crippen LogP contribution is -2.11. The zero-order valence-corrected chi connectivity index (χ0v) is 5.48. The van der Waals surface area contributed by atoms with Crippen molar-refractivity contribution >= 4 is 5.78 Å². The lowest BCUT2D eigenvalue weighted by molar-refractivity contribution is 0.462. The maximum atomic E-state index is 11.0. The number of nitrogens with one attached hydrogen (secondary N) is 1. The molecule has 56 valence electrons. The fourth-order valence-corrected chi connectivity index (χ4v) is 0.891. The zero-order valence-electron chi connectivity index (χ0n) is 5.48. The summed E-state index contributed by atoms with van der Waals surface area (Å²) in [5.41, 5.74) is -0.462. The number of aromatic nitrogens is 3. The van der Waals surface area contributed by atoms with Crippen LogP contribution in [-0.4, -0.2) is 19.5 Å². The van der Waals surface area contributed by atoms with E-state index >= 15 is 0 Å². The van der Waals surface area contributed by atoms with E-state index in [1.54, 1.807) is 6.20 Å². The second-order valence-corrected chi connectivity index (χ2v) is 2.10. The zero-order chi connectivity index (χ0) is 7.84. The summed E-state index contributed by atoms with van der Waals surface area (Å²) >= 11 is 0. The first-order valence-electron chi connectivity index (χ1n) is 3.03. The first kappa shape index (κ1) is 5.96. The molecule has 0 spiro atoms. The van der Waals surface area contributed by atoms with Gasteiger partial charge in [0.25, 0.3) is 0 Å². The Kier molecular flexibility index (Phi) is 1.00. The van der Waals surface area contributed by atoms with Crippen LogP contribution in [0.4, 0.5) is 0 Å². The van der Waals surface area contributed by atoms with E-state index in [0.717, 1.165) is 6.20 Å². The monoisotopic (exact) mass is 151 g/mol. The van der Waals surface area contributed by atoms with Gasteiger partial charge in [0, 0.05) is 12.4 Å². The van der Waals surface area contributed by atoms with Gasteiger partial charge in [-0.3, -0.25) is 4.79 Å². The summed E-state index contributed by atoms with van der Waals surface area (Å²) in [6.45, 7) is 0. The van der Waals surface area contributed by atoms with Crippen LogP contribution in [0, 0.1) is 0 Å². The maximum absolute atomic E-state index is 11.0. The first-order chi connectivity index (χ1) is 5.29. The van der Waals surface area contributed by atoms with Crippen molar-refractivity contribution in [3.63, 3.8) is 0 Å². The van der Waals surface area contributed by atoms with Gasteiger partial charge in [-0.25, -0.2) is 9.38 Å². The second-order valence-electron chi connectivity index (χ2n) is 2.10. The molecule has 0 saturated heterocycles. The van der Waals surface area contributed by atoms with Crippen LogP contribution in [0.3, 0.4) is 0 Å². The van der Waals surface area contributed by atoms with E-state index in [1.165, 1.54) is 10.6 Å². The minimum absolute atomic E-state index is 0.345. The number of H-pyrrole nitrogens is 1. The fourth-order valence-electron chi connectivity index (χ4n) is 0.891. The van der Waals surface area contributed by atoms with Gasteiger partial charge in [-0.1, -0.05) is 0 Å². The van der Waals surface area contributed by atoms with Crippen LogP contribution in [0.5, 0.6) is 5.75 Å². The summed E-state index contributed by atoms with van der Waals surface area (Å²) in [6, 6.07) is 0. The lowest BCUT2D eigenvalue weighted by atomic mass is 10.6. The predicted octanol–water partition coefficient (Wildman–Crippen LogP) is -0.272. The van der Waals surface area contributed by atoms with Gasteiger partial charge in [0.05, 0.1) is 6.20 Å². The summed E-state index contributed by atoms with van der Waals surface area (Å²) in [5.74, 6) is 0.0786. The molecule has 5 nitrogen and oxygen atoms in total. The topological polar surface area (TPSA) is 70.4 Å². The first-order valence-corrected chi connectivity index (χ1v) is 3.03. The number of nitrogens with zero attached hydrogens (tertiary/aromatic N) is 2. The number of aromatic hydroxyl groups is 1. The molecule has 0 aliphatic carbocycles. The van der Waals surface area contributed by atoms with Gasteiger partial charge in [-0.05, 0) is 0 Å². The molecule has 0 aromatic carbocycles. The van der Waals surface area contributed by atoms with Crippen molar-refractivity contribution in [3.05, 3.63) is 28.9 Å². The highest BCUT2D eigenvalue weighted by atomic mass is 16.3. The van der Waals surface area contributed by atoms with Gasteiger partial charge < -0.3 is 10.1 Å².